The smallest absolute Gasteiger partial charge is 0.335 e. The summed E-state index contributed by atoms with van der Waals surface area (Å²) in [5.41, 5.74) is 1.41. The van der Waals surface area contributed by atoms with Crippen molar-refractivity contribution in [1.29, 1.82) is 5.26 Å². The average Bonchev–Trinajstić information content (AvgIpc) is 3.20. The molecule has 29 heavy (non-hydrogen) atoms. The lowest BCUT2D eigenvalue weighted by Crippen LogP contribution is -2.54. The summed E-state index contributed by atoms with van der Waals surface area (Å²) in [6.07, 6.45) is 1.30. The van der Waals surface area contributed by atoms with E-state index in [0.29, 0.717) is 17.0 Å². The summed E-state index contributed by atoms with van der Waals surface area (Å²) in [5.74, 6) is -0.726. The number of para-hydroxylation sites is 1. The Kier molecular flexibility index (Phi) is 4.51. The standard InChI is InChI=1S/C22H13N3O4/c23-13-14-6-8-15(9-7-14)19-11-10-17(29-19)12-18-20(26)24-22(28)25(21(18)27)16-4-2-1-3-5-16/h1-12H,(H,24,26,28). The Balaban J connectivity index is 1.65. The van der Waals surface area contributed by atoms with Gasteiger partial charge in [-0.3, -0.25) is 14.9 Å². The maximum Gasteiger partial charge on any atom is 0.335 e. The Morgan fingerprint density at radius 3 is 2.34 bits per heavy atom. The molecule has 0 unspecified atom stereocenters. The van der Waals surface area contributed by atoms with Crippen molar-refractivity contribution < 1.29 is 18.8 Å². The predicted molar refractivity (Wildman–Crippen MR) is 104 cm³/mol. The molecule has 7 nitrogen and oxygen atoms in total. The molecular weight excluding hydrogens is 370 g/mol. The van der Waals surface area contributed by atoms with Gasteiger partial charge in [0, 0.05) is 5.56 Å². The van der Waals surface area contributed by atoms with E-state index in [1.54, 1.807) is 66.7 Å². The van der Waals surface area contributed by atoms with Crippen molar-refractivity contribution in [1.82, 2.24) is 5.32 Å². The highest BCUT2D eigenvalue weighted by Gasteiger charge is 2.36. The van der Waals surface area contributed by atoms with Crippen LogP contribution in [-0.2, 0) is 9.59 Å². The van der Waals surface area contributed by atoms with E-state index in [1.165, 1.54) is 6.08 Å². The second-order valence-electron chi connectivity index (χ2n) is 6.18. The van der Waals surface area contributed by atoms with Crippen molar-refractivity contribution in [2.45, 2.75) is 0 Å². The van der Waals surface area contributed by atoms with Gasteiger partial charge in [-0.15, -0.1) is 0 Å². The van der Waals surface area contributed by atoms with Crippen LogP contribution in [0, 0.1) is 11.3 Å². The molecule has 1 fully saturated rings. The topological polar surface area (TPSA) is 103 Å². The van der Waals surface area contributed by atoms with Crippen LogP contribution in [0.5, 0.6) is 0 Å². The van der Waals surface area contributed by atoms with E-state index in [1.807, 2.05) is 6.07 Å². The van der Waals surface area contributed by atoms with Gasteiger partial charge in [0.2, 0.25) is 0 Å². The number of carbonyl (C=O) groups is 3. The molecule has 2 aromatic carbocycles. The zero-order valence-electron chi connectivity index (χ0n) is 15.0. The largest absolute Gasteiger partial charge is 0.457 e. The number of anilines is 1. The van der Waals surface area contributed by atoms with Gasteiger partial charge in [0.25, 0.3) is 11.8 Å². The molecule has 1 aliphatic rings. The van der Waals surface area contributed by atoms with Crippen molar-refractivity contribution in [3.8, 4) is 17.4 Å². The molecule has 4 amide bonds. The molecule has 0 radical (unpaired) electrons. The number of benzene rings is 2. The van der Waals surface area contributed by atoms with E-state index in [0.717, 1.165) is 10.5 Å². The first kappa shape index (κ1) is 17.9. The third-order valence-corrected chi connectivity index (χ3v) is 4.33. The van der Waals surface area contributed by atoms with Gasteiger partial charge in [0.1, 0.15) is 17.1 Å². The van der Waals surface area contributed by atoms with Crippen molar-refractivity contribution in [3.05, 3.63) is 83.6 Å². The highest BCUT2D eigenvalue weighted by atomic mass is 16.3. The Bertz CT molecular complexity index is 1180. The maximum absolute atomic E-state index is 12.8. The molecular formula is C22H13N3O4. The summed E-state index contributed by atoms with van der Waals surface area (Å²) in [7, 11) is 0. The van der Waals surface area contributed by atoms with Crippen LogP contribution in [0.25, 0.3) is 17.4 Å². The minimum absolute atomic E-state index is 0.214. The van der Waals surface area contributed by atoms with Crippen LogP contribution in [0.15, 0.2) is 76.7 Å². The maximum atomic E-state index is 12.8. The molecule has 2 heterocycles. The summed E-state index contributed by atoms with van der Waals surface area (Å²) >= 11 is 0. The first-order valence-corrected chi connectivity index (χ1v) is 8.64. The van der Waals surface area contributed by atoms with Crippen molar-refractivity contribution in [3.63, 3.8) is 0 Å². The molecule has 0 saturated carbocycles. The molecule has 0 spiro atoms. The van der Waals surface area contributed by atoms with Crippen LogP contribution in [0.4, 0.5) is 10.5 Å². The van der Waals surface area contributed by atoms with Gasteiger partial charge in [-0.1, -0.05) is 18.2 Å². The molecule has 4 rings (SSSR count). The number of carbonyl (C=O) groups excluding carboxylic acids is 3. The van der Waals surface area contributed by atoms with Crippen LogP contribution in [0.1, 0.15) is 11.3 Å². The number of nitrogens with zero attached hydrogens (tertiary/aromatic N) is 2. The van der Waals surface area contributed by atoms with Crippen LogP contribution in [0.3, 0.4) is 0 Å². The van der Waals surface area contributed by atoms with Crippen LogP contribution < -0.4 is 10.2 Å². The molecule has 1 N–H and O–H groups in total. The predicted octanol–water partition coefficient (Wildman–Crippen LogP) is 3.48. The lowest BCUT2D eigenvalue weighted by molar-refractivity contribution is -0.122. The van der Waals surface area contributed by atoms with Crippen LogP contribution in [-0.4, -0.2) is 17.8 Å². The Morgan fingerprint density at radius 2 is 1.66 bits per heavy atom. The van der Waals surface area contributed by atoms with E-state index in [-0.39, 0.29) is 11.3 Å². The number of hydrogen-bond donors (Lipinski definition) is 1. The number of nitriles is 1. The Morgan fingerprint density at radius 1 is 0.931 bits per heavy atom. The van der Waals surface area contributed by atoms with E-state index in [2.05, 4.69) is 5.32 Å². The number of urea groups is 1. The van der Waals surface area contributed by atoms with E-state index < -0.39 is 17.8 Å². The van der Waals surface area contributed by atoms with Gasteiger partial charge < -0.3 is 4.42 Å². The highest BCUT2D eigenvalue weighted by Crippen LogP contribution is 2.26. The first-order chi connectivity index (χ1) is 14.1. The summed E-state index contributed by atoms with van der Waals surface area (Å²) in [6.45, 7) is 0. The summed E-state index contributed by atoms with van der Waals surface area (Å²) in [4.78, 5) is 38.1. The fourth-order valence-electron chi connectivity index (χ4n) is 2.91. The van der Waals surface area contributed by atoms with Gasteiger partial charge in [-0.25, -0.2) is 9.69 Å². The third-order valence-electron chi connectivity index (χ3n) is 4.33. The van der Waals surface area contributed by atoms with Crippen molar-refractivity contribution >= 4 is 29.6 Å². The summed E-state index contributed by atoms with van der Waals surface area (Å²) < 4.78 is 5.72. The second-order valence-corrected chi connectivity index (χ2v) is 6.18. The van der Waals surface area contributed by atoms with Crippen LogP contribution in [0.2, 0.25) is 0 Å². The fourth-order valence-corrected chi connectivity index (χ4v) is 2.91. The number of barbiturate groups is 1. The van der Waals surface area contributed by atoms with Crippen molar-refractivity contribution in [2.24, 2.45) is 0 Å². The number of furan rings is 1. The molecule has 1 saturated heterocycles. The summed E-state index contributed by atoms with van der Waals surface area (Å²) in [5, 5.41) is 11.0. The normalized spacial score (nSPS) is 15.3. The van der Waals surface area contributed by atoms with E-state index in [4.69, 9.17) is 9.68 Å². The number of amides is 4. The molecule has 1 aliphatic heterocycles. The molecule has 1 aromatic heterocycles. The summed E-state index contributed by atoms with van der Waals surface area (Å²) in [6, 6.07) is 19.7. The lowest BCUT2D eigenvalue weighted by Gasteiger charge is -2.26. The number of rotatable bonds is 3. The highest BCUT2D eigenvalue weighted by molar-refractivity contribution is 6.39. The minimum atomic E-state index is -0.805. The SMILES string of the molecule is N#Cc1ccc(-c2ccc(C=C3C(=O)NC(=O)N(c4ccccc4)C3=O)o2)cc1. The van der Waals surface area contributed by atoms with Gasteiger partial charge in [-0.05, 0) is 54.6 Å². The number of nitrogens with one attached hydrogen (secondary N) is 1. The average molecular weight is 383 g/mol. The quantitative estimate of drug-likeness (QED) is 0.551. The van der Waals surface area contributed by atoms with Crippen molar-refractivity contribution in [2.75, 3.05) is 4.90 Å². The number of hydrogen-bond acceptors (Lipinski definition) is 5. The molecule has 0 atom stereocenters. The fraction of sp³-hybridized carbons (Fsp3) is 0. The number of imide groups is 2. The Hall–Kier alpha value is -4.44. The third kappa shape index (κ3) is 3.42. The molecule has 0 bridgehead atoms. The lowest BCUT2D eigenvalue weighted by atomic mass is 10.1. The van der Waals surface area contributed by atoms with Crippen LogP contribution >= 0.6 is 0 Å². The van der Waals surface area contributed by atoms with Gasteiger partial charge in [-0.2, -0.15) is 5.26 Å². The second kappa shape index (κ2) is 7.29. The molecule has 140 valence electrons. The van der Waals surface area contributed by atoms with Gasteiger partial charge in [0.05, 0.1) is 17.3 Å². The van der Waals surface area contributed by atoms with E-state index >= 15 is 0 Å². The first-order valence-electron chi connectivity index (χ1n) is 8.64. The zero-order chi connectivity index (χ0) is 20.4. The van der Waals surface area contributed by atoms with Gasteiger partial charge >= 0.3 is 6.03 Å². The molecule has 0 aliphatic carbocycles. The molecule has 3 aromatic rings. The molecule has 7 heteroatoms. The Labute approximate surface area is 165 Å². The minimum Gasteiger partial charge on any atom is -0.457 e. The zero-order valence-corrected chi connectivity index (χ0v) is 15.0. The monoisotopic (exact) mass is 383 g/mol. The van der Waals surface area contributed by atoms with E-state index in [9.17, 15) is 14.4 Å². The van der Waals surface area contributed by atoms with Gasteiger partial charge in [0.15, 0.2) is 0 Å².